The number of nitrogens with one attached hydrogen (secondary N) is 2. The van der Waals surface area contributed by atoms with Gasteiger partial charge in [-0.3, -0.25) is 18.6 Å². The Kier molecular flexibility index (Phi) is 23.4. The summed E-state index contributed by atoms with van der Waals surface area (Å²) in [5.41, 5.74) is 0. The molecule has 0 spiro atoms. The average Bonchev–Trinajstić information content (AvgIpc) is 2.85. The summed E-state index contributed by atoms with van der Waals surface area (Å²) >= 11 is 0. The summed E-state index contributed by atoms with van der Waals surface area (Å²) in [7, 11) is 0.373. The van der Waals surface area contributed by atoms with Gasteiger partial charge in [-0.1, -0.05) is 0 Å². The van der Waals surface area contributed by atoms with Gasteiger partial charge in [-0.25, -0.2) is 4.57 Å². The SMILES string of the molecule is COCCOCC(COCCCNC(=O)CCCC(=O)NCCCCOP(=O)(O)OC)OCCOC. The number of hydrogen-bond acceptors (Lipinski definition) is 10. The van der Waals surface area contributed by atoms with E-state index in [2.05, 4.69) is 19.7 Å². The third kappa shape index (κ3) is 23.3. The highest BCUT2D eigenvalue weighted by Gasteiger charge is 2.17. The van der Waals surface area contributed by atoms with Crippen LogP contribution < -0.4 is 10.6 Å². The van der Waals surface area contributed by atoms with E-state index in [1.54, 1.807) is 14.2 Å². The first-order valence-corrected chi connectivity index (χ1v) is 13.7. The van der Waals surface area contributed by atoms with Crippen molar-refractivity contribution in [2.24, 2.45) is 0 Å². The van der Waals surface area contributed by atoms with Crippen molar-refractivity contribution in [2.45, 2.75) is 44.6 Å². The average molecular weight is 545 g/mol. The van der Waals surface area contributed by atoms with Crippen molar-refractivity contribution in [1.82, 2.24) is 10.6 Å². The van der Waals surface area contributed by atoms with Crippen LogP contribution in [0.25, 0.3) is 0 Å². The van der Waals surface area contributed by atoms with E-state index in [1.165, 1.54) is 0 Å². The molecule has 0 heterocycles. The second-order valence-electron chi connectivity index (χ2n) is 7.73. The number of unbranched alkanes of at least 4 members (excludes halogenated alkanes) is 1. The first kappa shape index (κ1) is 34.9. The lowest BCUT2D eigenvalue weighted by molar-refractivity contribution is -0.122. The molecule has 0 aliphatic rings. The second-order valence-corrected chi connectivity index (χ2v) is 9.29. The van der Waals surface area contributed by atoms with Crippen LogP contribution in [0.1, 0.15) is 38.5 Å². The lowest BCUT2D eigenvalue weighted by Crippen LogP contribution is -2.29. The van der Waals surface area contributed by atoms with Crippen LogP contribution in [0, 0.1) is 0 Å². The minimum atomic E-state index is -3.94. The van der Waals surface area contributed by atoms with Gasteiger partial charge in [0.1, 0.15) is 6.10 Å². The Hall–Kier alpha value is -1.15. The van der Waals surface area contributed by atoms with Gasteiger partial charge in [0.2, 0.25) is 11.8 Å². The van der Waals surface area contributed by atoms with Crippen LogP contribution in [-0.4, -0.2) is 110 Å². The van der Waals surface area contributed by atoms with Gasteiger partial charge < -0.3 is 39.2 Å². The minimum absolute atomic E-state index is 0.0642. The number of hydrogen-bond donors (Lipinski definition) is 3. The van der Waals surface area contributed by atoms with Gasteiger partial charge >= 0.3 is 7.82 Å². The van der Waals surface area contributed by atoms with E-state index in [0.29, 0.717) is 85.0 Å². The number of ether oxygens (including phenoxy) is 5. The molecule has 0 aromatic rings. The molecule has 2 amide bonds. The maximum atomic E-state index is 11.9. The number of amides is 2. The molecular weight excluding hydrogens is 499 g/mol. The van der Waals surface area contributed by atoms with E-state index in [0.717, 1.165) is 7.11 Å². The van der Waals surface area contributed by atoms with E-state index in [1.807, 2.05) is 0 Å². The third-order valence-corrected chi connectivity index (χ3v) is 5.62. The molecule has 13 nitrogen and oxygen atoms in total. The van der Waals surface area contributed by atoms with Crippen molar-refractivity contribution in [2.75, 3.05) is 87.3 Å². The predicted octanol–water partition coefficient (Wildman–Crippen LogP) is 1.03. The van der Waals surface area contributed by atoms with Crippen molar-refractivity contribution in [3.8, 4) is 0 Å². The van der Waals surface area contributed by atoms with Crippen molar-refractivity contribution >= 4 is 19.6 Å². The molecule has 2 unspecified atom stereocenters. The topological polar surface area (TPSA) is 160 Å². The molecule has 0 rings (SSSR count). The Morgan fingerprint density at radius 3 is 1.94 bits per heavy atom. The van der Waals surface area contributed by atoms with Crippen molar-refractivity contribution in [3.63, 3.8) is 0 Å². The van der Waals surface area contributed by atoms with Gasteiger partial charge in [-0.2, -0.15) is 0 Å². The fourth-order valence-corrected chi connectivity index (χ4v) is 3.16. The minimum Gasteiger partial charge on any atom is -0.382 e. The highest BCUT2D eigenvalue weighted by Crippen LogP contribution is 2.41. The normalized spacial score (nSPS) is 13.8. The van der Waals surface area contributed by atoms with Crippen LogP contribution in [0.2, 0.25) is 0 Å². The molecule has 0 saturated carbocycles. The van der Waals surface area contributed by atoms with Crippen LogP contribution in [0.3, 0.4) is 0 Å². The number of methoxy groups -OCH3 is 2. The quantitative estimate of drug-likeness (QED) is 0.105. The molecular formula is C22H45N2O11P. The summed E-state index contributed by atoms with van der Waals surface area (Å²) in [4.78, 5) is 32.8. The molecule has 3 N–H and O–H groups in total. The van der Waals surface area contributed by atoms with E-state index in [-0.39, 0.29) is 37.4 Å². The van der Waals surface area contributed by atoms with Gasteiger partial charge in [0, 0.05) is 53.9 Å². The van der Waals surface area contributed by atoms with Gasteiger partial charge in [-0.15, -0.1) is 0 Å². The Labute approximate surface area is 214 Å². The zero-order valence-electron chi connectivity index (χ0n) is 21.9. The molecule has 214 valence electrons. The molecule has 0 aliphatic heterocycles. The molecule has 14 heteroatoms. The Morgan fingerprint density at radius 2 is 1.33 bits per heavy atom. The molecule has 0 fully saturated rings. The fraction of sp³-hybridized carbons (Fsp3) is 0.909. The molecule has 0 bridgehead atoms. The number of rotatable bonds is 26. The molecule has 0 aliphatic carbocycles. The highest BCUT2D eigenvalue weighted by atomic mass is 31.2. The summed E-state index contributed by atoms with van der Waals surface area (Å²) < 4.78 is 46.8. The molecule has 0 saturated heterocycles. The third-order valence-electron chi connectivity index (χ3n) is 4.65. The summed E-state index contributed by atoms with van der Waals surface area (Å²) in [6, 6.07) is 0. The largest absolute Gasteiger partial charge is 0.471 e. The fourth-order valence-electron chi connectivity index (χ4n) is 2.69. The van der Waals surface area contributed by atoms with Gasteiger partial charge in [0.25, 0.3) is 0 Å². The molecule has 0 radical (unpaired) electrons. The predicted molar refractivity (Wildman–Crippen MR) is 132 cm³/mol. The number of phosphoric acid groups is 1. The van der Waals surface area contributed by atoms with Gasteiger partial charge in [0.15, 0.2) is 0 Å². The zero-order valence-corrected chi connectivity index (χ0v) is 22.8. The van der Waals surface area contributed by atoms with Crippen molar-refractivity contribution < 1.29 is 51.8 Å². The summed E-state index contributed by atoms with van der Waals surface area (Å²) in [5.74, 6) is -0.255. The summed E-state index contributed by atoms with van der Waals surface area (Å²) in [6.45, 7) is 4.15. The highest BCUT2D eigenvalue weighted by molar-refractivity contribution is 7.47. The maximum Gasteiger partial charge on any atom is 0.471 e. The maximum absolute atomic E-state index is 11.9. The monoisotopic (exact) mass is 544 g/mol. The molecule has 36 heavy (non-hydrogen) atoms. The van der Waals surface area contributed by atoms with Crippen LogP contribution in [0.15, 0.2) is 0 Å². The van der Waals surface area contributed by atoms with Crippen LogP contribution in [-0.2, 0) is 46.9 Å². The number of carbonyl (C=O) groups is 2. The van der Waals surface area contributed by atoms with Gasteiger partial charge in [-0.05, 0) is 25.7 Å². The van der Waals surface area contributed by atoms with E-state index in [9.17, 15) is 14.2 Å². The summed E-state index contributed by atoms with van der Waals surface area (Å²) in [5, 5.41) is 5.55. The number of carbonyl (C=O) groups excluding carboxylic acids is 2. The van der Waals surface area contributed by atoms with Crippen LogP contribution in [0.5, 0.6) is 0 Å². The first-order chi connectivity index (χ1) is 17.3. The zero-order chi connectivity index (χ0) is 26.9. The smallest absolute Gasteiger partial charge is 0.382 e. The van der Waals surface area contributed by atoms with Crippen LogP contribution >= 0.6 is 7.82 Å². The van der Waals surface area contributed by atoms with Crippen molar-refractivity contribution in [3.05, 3.63) is 0 Å². The lowest BCUT2D eigenvalue weighted by atomic mass is 10.2. The van der Waals surface area contributed by atoms with E-state index < -0.39 is 7.82 Å². The summed E-state index contributed by atoms with van der Waals surface area (Å²) in [6.07, 6.45) is 2.51. The van der Waals surface area contributed by atoms with Gasteiger partial charge in [0.05, 0.1) is 46.2 Å². The Bertz CT molecular complexity index is 598. The van der Waals surface area contributed by atoms with Crippen LogP contribution in [0.4, 0.5) is 0 Å². The molecule has 2 atom stereocenters. The lowest BCUT2D eigenvalue weighted by Gasteiger charge is -2.18. The Balaban J connectivity index is 3.71. The Morgan fingerprint density at radius 1 is 0.750 bits per heavy atom. The van der Waals surface area contributed by atoms with Crippen molar-refractivity contribution in [1.29, 1.82) is 0 Å². The molecule has 0 aromatic carbocycles. The second kappa shape index (κ2) is 24.2. The van der Waals surface area contributed by atoms with E-state index >= 15 is 0 Å². The van der Waals surface area contributed by atoms with E-state index in [4.69, 9.17) is 28.6 Å². The standard InChI is InChI=1S/C22H45N2O11P/c1-29-14-16-33-19-20(34-17-15-30-2)18-32-12-7-11-24-22(26)9-6-8-21(25)23-10-4-5-13-35-36(27,28)31-3/h20H,4-19H2,1-3H3,(H,23,25)(H,24,26)(H,27,28). The molecule has 0 aromatic heterocycles. The number of phosphoric ester groups is 1. The first-order valence-electron chi connectivity index (χ1n) is 12.2.